The molecule has 0 aromatic heterocycles. The Hall–Kier alpha value is -6.24. The average Bonchev–Trinajstić information content (AvgIpc) is 3.81. The van der Waals surface area contributed by atoms with Gasteiger partial charge in [0, 0.05) is 0 Å². The van der Waals surface area contributed by atoms with Crippen LogP contribution in [0.1, 0.15) is 143 Å². The van der Waals surface area contributed by atoms with Crippen LogP contribution >= 0.6 is 0 Å². The van der Waals surface area contributed by atoms with E-state index in [-0.39, 0.29) is 10.8 Å². The van der Waals surface area contributed by atoms with Crippen molar-refractivity contribution >= 4 is 0 Å². The third-order valence-electron chi connectivity index (χ3n) is 16.9. The fourth-order valence-electron chi connectivity index (χ4n) is 12.6. The molecule has 8 aromatic rings. The van der Waals surface area contributed by atoms with E-state index in [0.717, 1.165) is 12.8 Å². The van der Waals surface area contributed by atoms with Gasteiger partial charge in [-0.2, -0.15) is 0 Å². The van der Waals surface area contributed by atoms with Crippen LogP contribution in [-0.4, -0.2) is 0 Å². The molecule has 8 aromatic carbocycles. The molecule has 0 nitrogen and oxygen atoms in total. The van der Waals surface area contributed by atoms with Gasteiger partial charge in [0.25, 0.3) is 0 Å². The van der Waals surface area contributed by atoms with Gasteiger partial charge in [-0.3, -0.25) is 0 Å². The van der Waals surface area contributed by atoms with E-state index in [1.807, 2.05) is 13.8 Å². The second-order valence-electron chi connectivity index (χ2n) is 20.6. The van der Waals surface area contributed by atoms with Crippen LogP contribution in [0.2, 0.25) is 0 Å². The van der Waals surface area contributed by atoms with Crippen molar-refractivity contribution in [3.8, 4) is 22.3 Å². The summed E-state index contributed by atoms with van der Waals surface area (Å²) in [7, 11) is 0. The molecule has 0 aliphatic heterocycles. The molecule has 0 amide bonds. The van der Waals surface area contributed by atoms with E-state index in [4.69, 9.17) is 0 Å². The lowest BCUT2D eigenvalue weighted by Crippen LogP contribution is -2.30. The first kappa shape index (κ1) is 44.3. The Morgan fingerprint density at radius 1 is 0.338 bits per heavy atom. The third-order valence-corrected chi connectivity index (χ3v) is 16.9. The summed E-state index contributed by atoms with van der Waals surface area (Å²) in [6.07, 6.45) is 12.0. The van der Waals surface area contributed by atoms with Crippen molar-refractivity contribution in [2.75, 3.05) is 0 Å². The summed E-state index contributed by atoms with van der Waals surface area (Å²) >= 11 is 0. The molecule has 0 spiro atoms. The maximum absolute atomic E-state index is 2.56. The monoisotopic (exact) mass is 885 g/mol. The highest BCUT2D eigenvalue weighted by atomic mass is 14.5. The largest absolute Gasteiger partial charge is 0.0713 e. The van der Waals surface area contributed by atoms with Gasteiger partial charge in [0.2, 0.25) is 0 Å². The number of rotatable bonds is 10. The summed E-state index contributed by atoms with van der Waals surface area (Å²) in [5.41, 5.74) is 28.7. The molecule has 3 atom stereocenters. The Balaban J connectivity index is 0.000000144. The number of fused-ring (bicyclic) bond motifs is 9. The molecule has 13 rings (SSSR count). The van der Waals surface area contributed by atoms with Crippen LogP contribution in [0, 0.1) is 11.8 Å². The van der Waals surface area contributed by atoms with Gasteiger partial charge in [-0.1, -0.05) is 224 Å². The van der Waals surface area contributed by atoms with Crippen molar-refractivity contribution in [1.82, 2.24) is 0 Å². The van der Waals surface area contributed by atoms with Crippen molar-refractivity contribution in [3.63, 3.8) is 0 Å². The van der Waals surface area contributed by atoms with Crippen LogP contribution in [0.25, 0.3) is 22.3 Å². The average molecular weight is 885 g/mol. The Bertz CT molecular complexity index is 3110. The molecular formula is C68H68. The summed E-state index contributed by atoms with van der Waals surface area (Å²) in [5, 5.41) is 0. The molecule has 3 unspecified atom stereocenters. The fourth-order valence-corrected chi connectivity index (χ4v) is 12.6. The third kappa shape index (κ3) is 6.99. The standard InChI is InChI=1S/C34H32.C32H30.C2H6/c1-3-22(2)18-23-8-17-31-30-6-4-5-7-32(30)34(33(31)19-23,28-15-13-24-9-11-26(24)20-28)29-16-14-25-10-12-27(25)21-29;1-3-22(2)19-23-13-18-29-28-11-7-8-12-30(28)32(31(29)20-23,26-9-5-4-6-10-26)27-17-16-24-14-15-25(24)21-27;1-2/h4-8,13-17,19-22H,3,9-12,18H2,1-2H3;4-13,16-18,20-22H,3,14-15,19H2,1-2H3;1-2H3. The van der Waals surface area contributed by atoms with E-state index in [0.29, 0.717) is 11.8 Å². The molecule has 5 aliphatic rings. The van der Waals surface area contributed by atoms with Crippen molar-refractivity contribution in [3.05, 3.63) is 259 Å². The molecule has 0 saturated heterocycles. The van der Waals surface area contributed by atoms with Crippen molar-refractivity contribution in [1.29, 1.82) is 0 Å². The van der Waals surface area contributed by atoms with Crippen molar-refractivity contribution < 1.29 is 0 Å². The molecule has 0 N–H and O–H groups in total. The van der Waals surface area contributed by atoms with E-state index < -0.39 is 0 Å². The highest BCUT2D eigenvalue weighted by molar-refractivity contribution is 5.88. The molecule has 68 heavy (non-hydrogen) atoms. The quantitative estimate of drug-likeness (QED) is 0.128. The van der Waals surface area contributed by atoms with Gasteiger partial charge in [0.15, 0.2) is 0 Å². The predicted octanol–water partition coefficient (Wildman–Crippen LogP) is 16.6. The lowest BCUT2D eigenvalue weighted by atomic mass is 9.65. The number of hydrogen-bond acceptors (Lipinski definition) is 0. The molecular weight excluding hydrogens is 817 g/mol. The number of benzene rings is 8. The second-order valence-corrected chi connectivity index (χ2v) is 20.6. The zero-order valence-electron chi connectivity index (χ0n) is 41.4. The van der Waals surface area contributed by atoms with E-state index in [1.165, 1.54) is 152 Å². The van der Waals surface area contributed by atoms with Gasteiger partial charge in [0.1, 0.15) is 0 Å². The fraction of sp³-hybridized carbons (Fsp3) is 0.294. The molecule has 340 valence electrons. The van der Waals surface area contributed by atoms with Crippen LogP contribution in [0.15, 0.2) is 170 Å². The van der Waals surface area contributed by atoms with Crippen molar-refractivity contribution in [2.45, 2.75) is 117 Å². The number of hydrogen-bond donors (Lipinski definition) is 0. The predicted molar refractivity (Wildman–Crippen MR) is 287 cm³/mol. The first-order valence-corrected chi connectivity index (χ1v) is 26.3. The normalized spacial score (nSPS) is 17.5. The zero-order valence-corrected chi connectivity index (χ0v) is 41.4. The summed E-state index contributed by atoms with van der Waals surface area (Å²) in [5.74, 6) is 1.39. The molecule has 0 heterocycles. The van der Waals surface area contributed by atoms with Crippen LogP contribution in [-0.2, 0) is 62.2 Å². The summed E-state index contributed by atoms with van der Waals surface area (Å²) < 4.78 is 0. The van der Waals surface area contributed by atoms with Gasteiger partial charge < -0.3 is 0 Å². The van der Waals surface area contributed by atoms with Crippen LogP contribution in [0.5, 0.6) is 0 Å². The molecule has 5 aliphatic carbocycles. The van der Waals surface area contributed by atoms with Gasteiger partial charge in [-0.25, -0.2) is 0 Å². The molecule has 0 fully saturated rings. The maximum atomic E-state index is 2.56. The maximum Gasteiger partial charge on any atom is 0.0713 e. The second kappa shape index (κ2) is 18.0. The summed E-state index contributed by atoms with van der Waals surface area (Å²) in [6.45, 7) is 13.3. The Morgan fingerprint density at radius 3 is 1.06 bits per heavy atom. The van der Waals surface area contributed by atoms with E-state index in [1.54, 1.807) is 11.1 Å². The molecule has 0 heteroatoms. The van der Waals surface area contributed by atoms with E-state index in [2.05, 4.69) is 198 Å². The summed E-state index contributed by atoms with van der Waals surface area (Å²) in [6, 6.07) is 66.1. The van der Waals surface area contributed by atoms with Crippen LogP contribution < -0.4 is 0 Å². The van der Waals surface area contributed by atoms with Gasteiger partial charge >= 0.3 is 0 Å². The lowest BCUT2D eigenvalue weighted by molar-refractivity contribution is 0.559. The topological polar surface area (TPSA) is 0 Å². The van der Waals surface area contributed by atoms with Crippen LogP contribution in [0.3, 0.4) is 0 Å². The first-order valence-electron chi connectivity index (χ1n) is 26.3. The highest BCUT2D eigenvalue weighted by Crippen LogP contribution is 2.59. The Morgan fingerprint density at radius 2 is 0.691 bits per heavy atom. The SMILES string of the molecule is CC.CCC(C)Cc1ccc2c(c1)C(c1ccc3c(c1)CC3)(c1ccc3c(c1)CC3)c1ccccc1-2.CCC(C)Cc1ccc2c(c1)C(c1ccccc1)(c1ccc3c(c1)CC3)c1ccccc1-2. The minimum Gasteiger partial charge on any atom is -0.0683 e. The Kier molecular flexibility index (Phi) is 11.7. The molecule has 0 bridgehead atoms. The van der Waals surface area contributed by atoms with Crippen LogP contribution in [0.4, 0.5) is 0 Å². The van der Waals surface area contributed by atoms with Crippen molar-refractivity contribution in [2.24, 2.45) is 11.8 Å². The van der Waals surface area contributed by atoms with E-state index in [9.17, 15) is 0 Å². The highest BCUT2D eigenvalue weighted by Gasteiger charge is 2.48. The zero-order chi connectivity index (χ0) is 46.6. The Labute approximate surface area is 407 Å². The van der Waals surface area contributed by atoms with E-state index >= 15 is 0 Å². The van der Waals surface area contributed by atoms with Gasteiger partial charge in [-0.15, -0.1) is 0 Å². The molecule has 0 saturated carbocycles. The first-order chi connectivity index (χ1) is 33.4. The minimum atomic E-state index is -0.261. The minimum absolute atomic E-state index is 0.243. The number of aryl methyl sites for hydroxylation is 6. The smallest absolute Gasteiger partial charge is 0.0683 e. The molecule has 0 radical (unpaired) electrons. The van der Waals surface area contributed by atoms with Gasteiger partial charge in [0.05, 0.1) is 10.8 Å². The summed E-state index contributed by atoms with van der Waals surface area (Å²) in [4.78, 5) is 0. The lowest BCUT2D eigenvalue weighted by Gasteiger charge is -2.37. The van der Waals surface area contributed by atoms with Gasteiger partial charge in [-0.05, 0) is 174 Å².